The van der Waals surface area contributed by atoms with E-state index in [2.05, 4.69) is 0 Å². The molecule has 0 aromatic heterocycles. The molecule has 0 saturated heterocycles. The van der Waals surface area contributed by atoms with E-state index in [4.69, 9.17) is 23.1 Å². The van der Waals surface area contributed by atoms with Gasteiger partial charge >= 0.3 is 0 Å². The molecule has 1 aromatic rings. The van der Waals surface area contributed by atoms with Crippen LogP contribution in [0.4, 0.5) is 0 Å². The zero-order valence-corrected chi connectivity index (χ0v) is 12.4. The quantitative estimate of drug-likeness (QED) is 0.691. The average molecular weight is 302 g/mol. The second-order valence-electron chi connectivity index (χ2n) is 4.24. The maximum absolute atomic E-state index is 12.1. The zero-order chi connectivity index (χ0) is 14.5. The molecule has 3 N–H and O–H groups in total. The normalized spacial score (nSPS) is 11.7. The van der Waals surface area contributed by atoms with Gasteiger partial charge in [-0.25, -0.2) is 8.42 Å². The summed E-state index contributed by atoms with van der Waals surface area (Å²) in [5.41, 5.74) is 6.03. The Morgan fingerprint density at radius 3 is 2.68 bits per heavy atom. The van der Waals surface area contributed by atoms with Crippen molar-refractivity contribution in [1.29, 1.82) is 0 Å². The van der Waals surface area contributed by atoms with E-state index in [1.165, 1.54) is 12.1 Å². The van der Waals surface area contributed by atoms with E-state index in [0.717, 1.165) is 0 Å². The SMILES string of the molecule is CN(CCO)CCS(=O)(=O)c1cccc(C(N)=S)c1. The molecule has 1 aromatic carbocycles. The maximum Gasteiger partial charge on any atom is 0.179 e. The number of sulfone groups is 1. The molecule has 0 spiro atoms. The van der Waals surface area contributed by atoms with Gasteiger partial charge in [-0.1, -0.05) is 24.4 Å². The highest BCUT2D eigenvalue weighted by Gasteiger charge is 2.16. The molecule has 106 valence electrons. The monoisotopic (exact) mass is 302 g/mol. The maximum atomic E-state index is 12.1. The number of thiocarbonyl (C=S) groups is 1. The van der Waals surface area contributed by atoms with Crippen LogP contribution in [0.3, 0.4) is 0 Å². The van der Waals surface area contributed by atoms with E-state index in [1.54, 1.807) is 24.1 Å². The molecule has 5 nitrogen and oxygen atoms in total. The lowest BCUT2D eigenvalue weighted by atomic mass is 10.2. The summed E-state index contributed by atoms with van der Waals surface area (Å²) in [6.45, 7) is 0.816. The number of aliphatic hydroxyl groups excluding tert-OH is 1. The largest absolute Gasteiger partial charge is 0.395 e. The van der Waals surface area contributed by atoms with Crippen molar-refractivity contribution in [2.24, 2.45) is 5.73 Å². The van der Waals surface area contributed by atoms with Gasteiger partial charge in [0.15, 0.2) is 9.84 Å². The Balaban J connectivity index is 2.83. The molecule has 0 unspecified atom stereocenters. The lowest BCUT2D eigenvalue weighted by molar-refractivity contribution is 0.227. The predicted octanol–water partition coefficient (Wildman–Crippen LogP) is 0.0186. The summed E-state index contributed by atoms with van der Waals surface area (Å²) in [4.78, 5) is 2.15. The first-order chi connectivity index (χ1) is 8.86. The molecule has 0 amide bonds. The van der Waals surface area contributed by atoms with Gasteiger partial charge in [0.1, 0.15) is 4.99 Å². The van der Waals surface area contributed by atoms with Gasteiger partial charge < -0.3 is 15.7 Å². The van der Waals surface area contributed by atoms with Gasteiger partial charge in [-0.15, -0.1) is 0 Å². The Hall–Kier alpha value is -1.02. The molecule has 0 heterocycles. The van der Waals surface area contributed by atoms with Crippen LogP contribution in [0, 0.1) is 0 Å². The Bertz CT molecular complexity index is 544. The van der Waals surface area contributed by atoms with Crippen molar-refractivity contribution < 1.29 is 13.5 Å². The summed E-state index contributed by atoms with van der Waals surface area (Å²) in [6.07, 6.45) is 0. The first-order valence-electron chi connectivity index (χ1n) is 5.79. The molecule has 0 aliphatic rings. The molecule has 0 radical (unpaired) electrons. The second-order valence-corrected chi connectivity index (χ2v) is 6.79. The summed E-state index contributed by atoms with van der Waals surface area (Å²) >= 11 is 4.83. The van der Waals surface area contributed by atoms with E-state index in [9.17, 15) is 8.42 Å². The average Bonchev–Trinajstić information content (AvgIpc) is 2.37. The third kappa shape index (κ3) is 4.87. The standard InChI is InChI=1S/C12H18N2O3S2/c1-14(5-7-15)6-8-19(16,17)11-4-2-3-10(9-11)12(13)18/h2-4,9,15H,5-8H2,1H3,(H2,13,18). The number of nitrogens with two attached hydrogens (primary N) is 1. The highest BCUT2D eigenvalue weighted by molar-refractivity contribution is 7.91. The van der Waals surface area contributed by atoms with Gasteiger partial charge in [-0.05, 0) is 19.2 Å². The fourth-order valence-corrected chi connectivity index (χ4v) is 3.03. The number of nitrogens with zero attached hydrogens (tertiary/aromatic N) is 1. The smallest absolute Gasteiger partial charge is 0.179 e. The molecule has 0 fully saturated rings. The van der Waals surface area contributed by atoms with Gasteiger partial charge in [0.05, 0.1) is 17.3 Å². The zero-order valence-electron chi connectivity index (χ0n) is 10.7. The molecule has 19 heavy (non-hydrogen) atoms. The summed E-state index contributed by atoms with van der Waals surface area (Å²) in [7, 11) is -1.61. The minimum Gasteiger partial charge on any atom is -0.395 e. The Kier molecular flexibility index (Phi) is 5.86. The van der Waals surface area contributed by atoms with Gasteiger partial charge in [0.2, 0.25) is 0 Å². The van der Waals surface area contributed by atoms with E-state index in [0.29, 0.717) is 18.7 Å². The van der Waals surface area contributed by atoms with Crippen LogP contribution >= 0.6 is 12.2 Å². The summed E-state index contributed by atoms with van der Waals surface area (Å²) in [5, 5.41) is 8.76. The number of benzene rings is 1. The summed E-state index contributed by atoms with van der Waals surface area (Å²) in [5.74, 6) is -0.00964. The van der Waals surface area contributed by atoms with Crippen molar-refractivity contribution in [3.05, 3.63) is 29.8 Å². The van der Waals surface area contributed by atoms with Gasteiger partial charge in [-0.3, -0.25) is 0 Å². The van der Waals surface area contributed by atoms with Crippen molar-refractivity contribution in [1.82, 2.24) is 4.90 Å². The molecule has 0 aliphatic heterocycles. The Morgan fingerprint density at radius 1 is 1.42 bits per heavy atom. The molecule has 1 rings (SSSR count). The predicted molar refractivity (Wildman–Crippen MR) is 79.0 cm³/mol. The van der Waals surface area contributed by atoms with Gasteiger partial charge in [-0.2, -0.15) is 0 Å². The van der Waals surface area contributed by atoms with Crippen molar-refractivity contribution in [3.8, 4) is 0 Å². The van der Waals surface area contributed by atoms with Crippen LogP contribution in [-0.4, -0.2) is 55.9 Å². The lowest BCUT2D eigenvalue weighted by Gasteiger charge is -2.15. The van der Waals surface area contributed by atoms with Gasteiger partial charge in [0, 0.05) is 18.7 Å². The van der Waals surface area contributed by atoms with Gasteiger partial charge in [0.25, 0.3) is 0 Å². The van der Waals surface area contributed by atoms with Crippen LogP contribution in [0.2, 0.25) is 0 Å². The number of rotatable bonds is 7. The van der Waals surface area contributed by atoms with Crippen molar-refractivity contribution in [2.75, 3.05) is 32.5 Å². The minimum atomic E-state index is -3.37. The van der Waals surface area contributed by atoms with E-state index in [1.807, 2.05) is 0 Å². The van der Waals surface area contributed by atoms with Crippen LogP contribution in [-0.2, 0) is 9.84 Å². The van der Waals surface area contributed by atoms with Crippen LogP contribution in [0.5, 0.6) is 0 Å². The molecule has 0 bridgehead atoms. The number of aliphatic hydroxyl groups is 1. The molecule has 7 heteroatoms. The van der Waals surface area contributed by atoms with Crippen molar-refractivity contribution in [3.63, 3.8) is 0 Å². The van der Waals surface area contributed by atoms with E-state index < -0.39 is 9.84 Å². The minimum absolute atomic E-state index is 0.00742. The number of hydrogen-bond donors (Lipinski definition) is 2. The van der Waals surface area contributed by atoms with Crippen molar-refractivity contribution in [2.45, 2.75) is 4.90 Å². The van der Waals surface area contributed by atoms with Crippen LogP contribution in [0.25, 0.3) is 0 Å². The molecule has 0 saturated carbocycles. The first-order valence-corrected chi connectivity index (χ1v) is 7.85. The summed E-state index contributed by atoms with van der Waals surface area (Å²) < 4.78 is 24.3. The third-order valence-corrected chi connectivity index (χ3v) is 4.63. The Morgan fingerprint density at radius 2 is 2.11 bits per heavy atom. The van der Waals surface area contributed by atoms with Crippen LogP contribution in [0.1, 0.15) is 5.56 Å². The topological polar surface area (TPSA) is 83.6 Å². The molecule has 0 atom stereocenters. The number of hydrogen-bond acceptors (Lipinski definition) is 5. The van der Waals surface area contributed by atoms with Crippen LogP contribution in [0.15, 0.2) is 29.2 Å². The Labute approximate surface area is 118 Å². The lowest BCUT2D eigenvalue weighted by Crippen LogP contribution is -2.28. The highest BCUT2D eigenvalue weighted by Crippen LogP contribution is 2.13. The molecular formula is C12H18N2O3S2. The molecular weight excluding hydrogens is 284 g/mol. The van der Waals surface area contributed by atoms with Crippen molar-refractivity contribution >= 4 is 27.0 Å². The van der Waals surface area contributed by atoms with E-state index in [-0.39, 0.29) is 22.2 Å². The number of likely N-dealkylation sites (N-methyl/N-ethyl adjacent to an activating group) is 1. The molecule has 0 aliphatic carbocycles. The first kappa shape index (κ1) is 16.0. The fourth-order valence-electron chi connectivity index (χ4n) is 1.52. The highest BCUT2D eigenvalue weighted by atomic mass is 32.2. The second kappa shape index (κ2) is 6.95. The third-order valence-electron chi connectivity index (χ3n) is 2.70. The van der Waals surface area contributed by atoms with E-state index >= 15 is 0 Å². The van der Waals surface area contributed by atoms with Crippen LogP contribution < -0.4 is 5.73 Å². The fraction of sp³-hybridized carbons (Fsp3) is 0.417. The summed E-state index contributed by atoms with van der Waals surface area (Å²) in [6, 6.07) is 6.32.